The van der Waals surface area contributed by atoms with Gasteiger partial charge in [-0.3, -0.25) is 10.1 Å². The van der Waals surface area contributed by atoms with E-state index < -0.39 is 29.4 Å². The number of phenols is 2. The molecule has 0 unspecified atom stereocenters. The number of alkyl halides is 3. The lowest BCUT2D eigenvalue weighted by Gasteiger charge is -2.06. The summed E-state index contributed by atoms with van der Waals surface area (Å²) in [6, 6.07) is 2.63. The Morgan fingerprint density at radius 1 is 1.24 bits per heavy atom. The van der Waals surface area contributed by atoms with E-state index in [0.717, 1.165) is 12.1 Å². The maximum atomic E-state index is 12.3. The molecule has 9 heteroatoms. The number of nitrogens with one attached hydrogen (secondary N) is 1. The summed E-state index contributed by atoms with van der Waals surface area (Å²) in [5.41, 5.74) is -1.28. The monoisotopic (exact) mass is 302 g/mol. The standard InChI is InChI=1S/C12H9F3N2O4/c1-5-2-8(19)6(3-7(5)18)11(20)16-10-4-9(17-21-10)12(13,14)15/h2-4,18-19H,1H3,(H,16,20). The van der Waals surface area contributed by atoms with Crippen LogP contribution in [0.4, 0.5) is 19.1 Å². The highest BCUT2D eigenvalue weighted by atomic mass is 19.4. The van der Waals surface area contributed by atoms with Crippen molar-refractivity contribution in [1.82, 2.24) is 5.16 Å². The van der Waals surface area contributed by atoms with Gasteiger partial charge in [0.05, 0.1) is 5.56 Å². The number of aryl methyl sites for hydroxylation is 1. The molecular weight excluding hydrogens is 293 g/mol. The fourth-order valence-electron chi connectivity index (χ4n) is 1.51. The van der Waals surface area contributed by atoms with Crippen LogP contribution in [-0.2, 0) is 6.18 Å². The maximum absolute atomic E-state index is 12.3. The summed E-state index contributed by atoms with van der Waals surface area (Å²) < 4.78 is 41.3. The molecule has 0 bridgehead atoms. The number of hydrogen-bond donors (Lipinski definition) is 3. The minimum atomic E-state index is -4.70. The van der Waals surface area contributed by atoms with E-state index in [4.69, 9.17) is 0 Å². The van der Waals surface area contributed by atoms with Crippen LogP contribution in [0.5, 0.6) is 11.5 Å². The van der Waals surface area contributed by atoms with Crippen LogP contribution in [0, 0.1) is 6.92 Å². The van der Waals surface area contributed by atoms with Gasteiger partial charge in [0.15, 0.2) is 5.69 Å². The second-order valence-electron chi connectivity index (χ2n) is 4.18. The number of carbonyl (C=O) groups excluding carboxylic acids is 1. The second kappa shape index (κ2) is 5.00. The predicted molar refractivity (Wildman–Crippen MR) is 64.0 cm³/mol. The molecule has 0 spiro atoms. The Morgan fingerprint density at radius 3 is 2.48 bits per heavy atom. The number of hydrogen-bond acceptors (Lipinski definition) is 5. The molecule has 0 radical (unpaired) electrons. The molecule has 0 atom stereocenters. The van der Waals surface area contributed by atoms with Crippen molar-refractivity contribution in [2.75, 3.05) is 5.32 Å². The second-order valence-corrected chi connectivity index (χ2v) is 4.18. The summed E-state index contributed by atoms with van der Waals surface area (Å²) in [6.45, 7) is 1.50. The summed E-state index contributed by atoms with van der Waals surface area (Å²) >= 11 is 0. The Morgan fingerprint density at radius 2 is 1.90 bits per heavy atom. The van der Waals surface area contributed by atoms with Gasteiger partial charge in [-0.2, -0.15) is 13.2 Å². The number of carbonyl (C=O) groups is 1. The van der Waals surface area contributed by atoms with Crippen molar-refractivity contribution in [3.05, 3.63) is 35.0 Å². The van der Waals surface area contributed by atoms with E-state index in [-0.39, 0.29) is 11.3 Å². The van der Waals surface area contributed by atoms with E-state index in [9.17, 15) is 28.2 Å². The Bertz CT molecular complexity index is 694. The molecule has 2 aromatic rings. The van der Waals surface area contributed by atoms with Crippen LogP contribution in [0.1, 0.15) is 21.6 Å². The van der Waals surface area contributed by atoms with Crippen LogP contribution in [-0.4, -0.2) is 21.3 Å². The fourth-order valence-corrected chi connectivity index (χ4v) is 1.51. The number of nitrogens with zero attached hydrogens (tertiary/aromatic N) is 1. The van der Waals surface area contributed by atoms with Crippen LogP contribution >= 0.6 is 0 Å². The molecule has 0 saturated heterocycles. The highest BCUT2D eigenvalue weighted by Crippen LogP contribution is 2.31. The van der Waals surface area contributed by atoms with Crippen molar-refractivity contribution >= 4 is 11.8 Å². The lowest BCUT2D eigenvalue weighted by atomic mass is 10.1. The lowest BCUT2D eigenvalue weighted by Crippen LogP contribution is -2.12. The number of amides is 1. The number of aromatic hydroxyl groups is 2. The first kappa shape index (κ1) is 14.7. The number of halogens is 3. The average Bonchev–Trinajstić information content (AvgIpc) is 2.82. The molecule has 112 valence electrons. The zero-order chi connectivity index (χ0) is 15.8. The molecule has 1 aromatic heterocycles. The van der Waals surface area contributed by atoms with Crippen molar-refractivity contribution in [1.29, 1.82) is 0 Å². The number of anilines is 1. The highest BCUT2D eigenvalue weighted by Gasteiger charge is 2.35. The number of aromatic nitrogens is 1. The zero-order valence-electron chi connectivity index (χ0n) is 10.5. The first-order chi connectivity index (χ1) is 9.68. The molecule has 0 aliphatic carbocycles. The molecular formula is C12H9F3N2O4. The third kappa shape index (κ3) is 3.07. The van der Waals surface area contributed by atoms with E-state index in [0.29, 0.717) is 11.6 Å². The van der Waals surface area contributed by atoms with Crippen LogP contribution < -0.4 is 5.32 Å². The van der Waals surface area contributed by atoms with Crippen LogP contribution in [0.2, 0.25) is 0 Å². The molecule has 1 amide bonds. The van der Waals surface area contributed by atoms with Gasteiger partial charge >= 0.3 is 6.18 Å². The minimum absolute atomic E-state index is 0.244. The van der Waals surface area contributed by atoms with E-state index in [2.05, 4.69) is 9.68 Å². The zero-order valence-corrected chi connectivity index (χ0v) is 10.5. The van der Waals surface area contributed by atoms with Crippen LogP contribution in [0.15, 0.2) is 22.7 Å². The molecule has 6 nitrogen and oxygen atoms in total. The van der Waals surface area contributed by atoms with Crippen LogP contribution in [0.3, 0.4) is 0 Å². The van der Waals surface area contributed by atoms with Gasteiger partial charge in [0.2, 0.25) is 5.88 Å². The number of phenolic OH excluding ortho intramolecular Hbond substituents is 2. The third-order valence-corrected chi connectivity index (χ3v) is 2.60. The average molecular weight is 302 g/mol. The lowest BCUT2D eigenvalue weighted by molar-refractivity contribution is -0.142. The van der Waals surface area contributed by atoms with E-state index in [1.54, 1.807) is 0 Å². The van der Waals surface area contributed by atoms with Gasteiger partial charge in [-0.1, -0.05) is 5.16 Å². The summed E-state index contributed by atoms with van der Waals surface area (Å²) in [6.07, 6.45) is -4.70. The topological polar surface area (TPSA) is 95.6 Å². The maximum Gasteiger partial charge on any atom is 0.436 e. The molecule has 1 aromatic carbocycles. The first-order valence-electron chi connectivity index (χ1n) is 5.56. The molecule has 0 aliphatic rings. The summed E-state index contributed by atoms with van der Waals surface area (Å²) in [4.78, 5) is 11.8. The summed E-state index contributed by atoms with van der Waals surface area (Å²) in [5, 5.41) is 23.8. The molecule has 21 heavy (non-hydrogen) atoms. The van der Waals surface area contributed by atoms with Crippen molar-refractivity contribution in [3.63, 3.8) is 0 Å². The van der Waals surface area contributed by atoms with Crippen molar-refractivity contribution in [2.45, 2.75) is 13.1 Å². The van der Waals surface area contributed by atoms with Gasteiger partial charge in [-0.15, -0.1) is 0 Å². The van der Waals surface area contributed by atoms with Gasteiger partial charge in [-0.05, 0) is 24.6 Å². The normalized spacial score (nSPS) is 11.4. The summed E-state index contributed by atoms with van der Waals surface area (Å²) in [7, 11) is 0. The van der Waals surface area contributed by atoms with Crippen molar-refractivity contribution in [3.8, 4) is 11.5 Å². The minimum Gasteiger partial charge on any atom is -0.508 e. The Labute approximate surface area is 115 Å². The first-order valence-corrected chi connectivity index (χ1v) is 5.56. The summed E-state index contributed by atoms with van der Waals surface area (Å²) in [5.74, 6) is -2.16. The smallest absolute Gasteiger partial charge is 0.436 e. The van der Waals surface area contributed by atoms with E-state index >= 15 is 0 Å². The molecule has 0 fully saturated rings. The number of benzene rings is 1. The van der Waals surface area contributed by atoms with Gasteiger partial charge in [-0.25, -0.2) is 0 Å². The van der Waals surface area contributed by atoms with E-state index in [1.165, 1.54) is 6.92 Å². The SMILES string of the molecule is Cc1cc(O)c(C(=O)Nc2cc(C(F)(F)F)no2)cc1O. The molecule has 2 rings (SSSR count). The van der Waals surface area contributed by atoms with E-state index in [1.807, 2.05) is 5.32 Å². The van der Waals surface area contributed by atoms with Gasteiger partial charge in [0, 0.05) is 6.07 Å². The quantitative estimate of drug-likeness (QED) is 0.741. The van der Waals surface area contributed by atoms with Gasteiger partial charge in [0.25, 0.3) is 5.91 Å². The predicted octanol–water partition coefficient (Wildman–Crippen LogP) is 2.67. The molecule has 0 saturated carbocycles. The Balaban J connectivity index is 2.22. The Kier molecular flexibility index (Phi) is 3.50. The third-order valence-electron chi connectivity index (χ3n) is 2.60. The number of rotatable bonds is 2. The Hall–Kier alpha value is -2.71. The van der Waals surface area contributed by atoms with Gasteiger partial charge < -0.3 is 14.7 Å². The van der Waals surface area contributed by atoms with Gasteiger partial charge in [0.1, 0.15) is 11.5 Å². The molecule has 1 heterocycles. The fraction of sp³-hybridized carbons (Fsp3) is 0.167. The highest BCUT2D eigenvalue weighted by molar-refractivity contribution is 6.05. The molecule has 0 aliphatic heterocycles. The largest absolute Gasteiger partial charge is 0.508 e. The van der Waals surface area contributed by atoms with Crippen molar-refractivity contribution < 1.29 is 32.7 Å². The van der Waals surface area contributed by atoms with Crippen molar-refractivity contribution in [2.24, 2.45) is 0 Å². The van der Waals surface area contributed by atoms with Crippen LogP contribution in [0.25, 0.3) is 0 Å². The molecule has 3 N–H and O–H groups in total.